The summed E-state index contributed by atoms with van der Waals surface area (Å²) in [4.78, 5) is 27.0. The Bertz CT molecular complexity index is 1480. The predicted molar refractivity (Wildman–Crippen MR) is 138 cm³/mol. The average molecular weight is 566 g/mol. The number of piperidine rings is 2. The number of nitrogens with one attached hydrogen (secondary N) is 1. The van der Waals surface area contributed by atoms with Crippen LogP contribution in [-0.2, 0) is 6.18 Å². The molecule has 0 radical (unpaired) electrons. The first-order valence-electron chi connectivity index (χ1n) is 12.8. The van der Waals surface area contributed by atoms with Gasteiger partial charge >= 0.3 is 12.2 Å². The number of halogens is 4. The first kappa shape index (κ1) is 26.1. The number of anilines is 1. The third kappa shape index (κ3) is 4.76. The van der Waals surface area contributed by atoms with Crippen LogP contribution in [0, 0.1) is 0 Å². The Balaban J connectivity index is 1.50. The van der Waals surface area contributed by atoms with Crippen LogP contribution in [0.5, 0.6) is 11.8 Å². The lowest BCUT2D eigenvalue weighted by atomic mass is 9.93. The molecule has 4 aliphatic heterocycles. The minimum absolute atomic E-state index is 0.0213. The van der Waals surface area contributed by atoms with E-state index < -0.39 is 33.8 Å². The van der Waals surface area contributed by atoms with Crippen LogP contribution in [0.25, 0.3) is 16.6 Å². The van der Waals surface area contributed by atoms with E-state index in [4.69, 9.17) is 16.3 Å². The molecule has 2 aromatic heterocycles. The SMILES string of the molecule is CN1CCC[C@H]1COc1nc(N2CC3CCC2CN3)c2cnn(-c3cc(O)cc(Cl)c3C(F)(F)F)c(=O)c2n1. The summed E-state index contributed by atoms with van der Waals surface area (Å²) in [6.45, 7) is 2.67. The van der Waals surface area contributed by atoms with Crippen molar-refractivity contribution in [3.05, 3.63) is 39.3 Å². The molecule has 0 aliphatic carbocycles. The van der Waals surface area contributed by atoms with E-state index >= 15 is 0 Å². The molecule has 208 valence electrons. The second-order valence-electron chi connectivity index (χ2n) is 10.3. The van der Waals surface area contributed by atoms with Crippen LogP contribution in [0.15, 0.2) is 23.1 Å². The zero-order valence-electron chi connectivity index (χ0n) is 21.1. The molecular weight excluding hydrogens is 539 g/mol. The molecule has 4 aliphatic rings. The molecule has 4 fully saturated rings. The molecule has 3 aromatic rings. The number of rotatable bonds is 5. The van der Waals surface area contributed by atoms with Gasteiger partial charge in [0.05, 0.1) is 22.3 Å². The van der Waals surface area contributed by atoms with Gasteiger partial charge in [-0.2, -0.15) is 32.9 Å². The monoisotopic (exact) mass is 565 g/mol. The van der Waals surface area contributed by atoms with E-state index in [9.17, 15) is 23.1 Å². The van der Waals surface area contributed by atoms with E-state index in [-0.39, 0.29) is 29.7 Å². The summed E-state index contributed by atoms with van der Waals surface area (Å²) in [5, 5.41) is 17.1. The fourth-order valence-corrected chi connectivity index (χ4v) is 6.11. The maximum atomic E-state index is 13.9. The van der Waals surface area contributed by atoms with E-state index in [1.165, 1.54) is 6.20 Å². The van der Waals surface area contributed by atoms with E-state index in [2.05, 4.69) is 30.2 Å². The maximum Gasteiger partial charge on any atom is 0.419 e. The smallest absolute Gasteiger partial charge is 0.419 e. The first-order valence-corrected chi connectivity index (χ1v) is 13.2. The number of hydrogen-bond acceptors (Lipinski definition) is 9. The third-order valence-electron chi connectivity index (χ3n) is 7.86. The molecule has 1 aromatic carbocycles. The van der Waals surface area contributed by atoms with Crippen molar-refractivity contribution >= 4 is 28.3 Å². The Morgan fingerprint density at radius 3 is 2.69 bits per heavy atom. The highest BCUT2D eigenvalue weighted by Crippen LogP contribution is 2.41. The molecule has 0 spiro atoms. The number of piperazine rings is 1. The normalized spacial score (nSPS) is 23.6. The van der Waals surface area contributed by atoms with Gasteiger partial charge in [-0.25, -0.2) is 0 Å². The van der Waals surface area contributed by atoms with Crippen molar-refractivity contribution < 1.29 is 23.0 Å². The second kappa shape index (κ2) is 9.79. The van der Waals surface area contributed by atoms with Crippen molar-refractivity contribution in [1.29, 1.82) is 0 Å². The number of benzene rings is 1. The summed E-state index contributed by atoms with van der Waals surface area (Å²) in [6, 6.07) is 2.11. The van der Waals surface area contributed by atoms with Crippen LogP contribution in [0.3, 0.4) is 0 Å². The molecule has 14 heteroatoms. The van der Waals surface area contributed by atoms with Crippen LogP contribution < -0.4 is 20.5 Å². The Morgan fingerprint density at radius 2 is 2.05 bits per heavy atom. The Labute approximate surface area is 226 Å². The minimum atomic E-state index is -4.91. The number of alkyl halides is 3. The maximum absolute atomic E-state index is 13.9. The van der Waals surface area contributed by atoms with Crippen LogP contribution in [-0.4, -0.2) is 81.2 Å². The summed E-state index contributed by atoms with van der Waals surface area (Å²) in [7, 11) is 2.01. The van der Waals surface area contributed by atoms with Gasteiger partial charge in [0.1, 0.15) is 29.3 Å². The van der Waals surface area contributed by atoms with Gasteiger partial charge in [0, 0.05) is 37.3 Å². The summed E-state index contributed by atoms with van der Waals surface area (Å²) in [5.74, 6) is -0.0746. The number of fused-ring (bicyclic) bond motifs is 4. The molecule has 2 bridgehead atoms. The summed E-state index contributed by atoms with van der Waals surface area (Å²) in [6.07, 6.45) is 0.331. The van der Waals surface area contributed by atoms with Gasteiger partial charge < -0.3 is 25.0 Å². The number of hydrogen-bond donors (Lipinski definition) is 2. The van der Waals surface area contributed by atoms with Crippen molar-refractivity contribution in [2.24, 2.45) is 0 Å². The van der Waals surface area contributed by atoms with E-state index in [1.54, 1.807) is 0 Å². The second-order valence-corrected chi connectivity index (χ2v) is 10.8. The van der Waals surface area contributed by atoms with E-state index in [1.807, 2.05) is 7.05 Å². The summed E-state index contributed by atoms with van der Waals surface area (Å²) in [5.41, 5.74) is -3.03. The number of likely N-dealkylation sites (tertiary alicyclic amines) is 1. The van der Waals surface area contributed by atoms with Gasteiger partial charge in [-0.1, -0.05) is 11.6 Å². The summed E-state index contributed by atoms with van der Waals surface area (Å²) >= 11 is 5.86. The topological polar surface area (TPSA) is 109 Å². The van der Waals surface area contributed by atoms with Crippen LogP contribution in [0.1, 0.15) is 31.2 Å². The number of likely N-dealkylation sites (N-methyl/N-ethyl adjacent to an activating group) is 1. The number of phenols is 1. The fraction of sp³-hybridized carbons (Fsp3) is 0.520. The van der Waals surface area contributed by atoms with Crippen molar-refractivity contribution in [3.63, 3.8) is 0 Å². The highest BCUT2D eigenvalue weighted by atomic mass is 35.5. The molecule has 2 N–H and O–H groups in total. The minimum Gasteiger partial charge on any atom is -0.508 e. The standard InChI is InChI=1S/C25H27ClF3N7O3/c1-34-6-2-3-15(34)12-39-24-32-21-17(22(33-24)35-11-13-4-5-14(35)9-30-13)10-31-36(23(21)38)19-8-16(37)7-18(26)20(19)25(27,28)29/h7-8,10,13-15,30,37H,2-6,9,11-12H2,1H3/t13?,14?,15-/m0/s1. The Hall–Kier alpha value is -3.16. The van der Waals surface area contributed by atoms with Gasteiger partial charge in [0.2, 0.25) is 0 Å². The zero-order chi connectivity index (χ0) is 27.5. The van der Waals surface area contributed by atoms with Gasteiger partial charge in [-0.05, 0) is 45.3 Å². The van der Waals surface area contributed by atoms with E-state index in [0.717, 1.165) is 50.9 Å². The van der Waals surface area contributed by atoms with Crippen LogP contribution >= 0.6 is 11.6 Å². The molecule has 7 rings (SSSR count). The fourth-order valence-electron chi connectivity index (χ4n) is 5.80. The number of nitrogens with zero attached hydrogens (tertiary/aromatic N) is 6. The van der Waals surface area contributed by atoms with Crippen LogP contribution in [0.4, 0.5) is 19.0 Å². The molecule has 2 unspecified atom stereocenters. The molecular formula is C25H27ClF3N7O3. The first-order chi connectivity index (χ1) is 18.6. The van der Waals surface area contributed by atoms with Crippen molar-refractivity contribution in [2.45, 2.75) is 50.0 Å². The highest BCUT2D eigenvalue weighted by Gasteiger charge is 2.39. The summed E-state index contributed by atoms with van der Waals surface area (Å²) < 4.78 is 48.4. The highest BCUT2D eigenvalue weighted by molar-refractivity contribution is 6.31. The van der Waals surface area contributed by atoms with Gasteiger partial charge in [-0.15, -0.1) is 0 Å². The molecule has 39 heavy (non-hydrogen) atoms. The predicted octanol–water partition coefficient (Wildman–Crippen LogP) is 2.97. The molecule has 0 saturated carbocycles. The Morgan fingerprint density at radius 1 is 1.23 bits per heavy atom. The molecule has 6 heterocycles. The number of aromatic hydroxyl groups is 1. The lowest BCUT2D eigenvalue weighted by Gasteiger charge is -2.46. The zero-order valence-corrected chi connectivity index (χ0v) is 21.8. The lowest BCUT2D eigenvalue weighted by molar-refractivity contribution is -0.137. The molecule has 3 atom stereocenters. The van der Waals surface area contributed by atoms with Crippen molar-refractivity contribution in [1.82, 2.24) is 30.0 Å². The average Bonchev–Trinajstić information content (AvgIpc) is 3.31. The Kier molecular flexibility index (Phi) is 6.55. The van der Waals surface area contributed by atoms with Crippen LogP contribution in [0.2, 0.25) is 5.02 Å². The molecule has 10 nitrogen and oxygen atoms in total. The van der Waals surface area contributed by atoms with E-state index in [0.29, 0.717) is 29.0 Å². The quantitative estimate of drug-likeness (QED) is 0.483. The number of ether oxygens (including phenoxy) is 1. The lowest BCUT2D eigenvalue weighted by Crippen LogP contribution is -2.61. The number of aromatic nitrogens is 4. The van der Waals surface area contributed by atoms with Gasteiger partial charge in [-0.3, -0.25) is 4.79 Å². The largest absolute Gasteiger partial charge is 0.508 e. The van der Waals surface area contributed by atoms with Crippen molar-refractivity contribution in [2.75, 3.05) is 38.2 Å². The molecule has 0 amide bonds. The molecule has 4 saturated heterocycles. The number of phenolic OH excluding ortho intramolecular Hbond substituents is 1. The van der Waals surface area contributed by atoms with Gasteiger partial charge in [0.25, 0.3) is 5.56 Å². The van der Waals surface area contributed by atoms with Gasteiger partial charge in [0.15, 0.2) is 0 Å². The third-order valence-corrected chi connectivity index (χ3v) is 8.16. The van der Waals surface area contributed by atoms with Crippen molar-refractivity contribution in [3.8, 4) is 17.4 Å².